The first kappa shape index (κ1) is 10.3. The first-order valence-corrected chi connectivity index (χ1v) is 4.16. The summed E-state index contributed by atoms with van der Waals surface area (Å²) in [6.07, 6.45) is 0. The zero-order valence-electron chi connectivity index (χ0n) is 7.78. The van der Waals surface area contributed by atoms with Gasteiger partial charge in [-0.1, -0.05) is 6.07 Å². The van der Waals surface area contributed by atoms with Gasteiger partial charge in [0.05, 0.1) is 12.2 Å². The molecule has 1 rings (SSSR count). The van der Waals surface area contributed by atoms with Crippen LogP contribution >= 0.6 is 0 Å². The number of nitrogen functional groups attached to an aromatic ring is 1. The van der Waals surface area contributed by atoms with Gasteiger partial charge in [0.25, 0.3) is 5.91 Å². The molecule has 1 aromatic carbocycles. The van der Waals surface area contributed by atoms with Crippen LogP contribution in [0.25, 0.3) is 0 Å². The van der Waals surface area contributed by atoms with E-state index in [9.17, 15) is 9.90 Å². The van der Waals surface area contributed by atoms with Crippen LogP contribution in [-0.2, 0) is 0 Å². The number of aromatic hydroxyl groups is 1. The van der Waals surface area contributed by atoms with Gasteiger partial charge in [-0.25, -0.2) is 5.84 Å². The van der Waals surface area contributed by atoms with Gasteiger partial charge in [-0.2, -0.15) is 0 Å². The third-order valence-corrected chi connectivity index (χ3v) is 1.67. The van der Waals surface area contributed by atoms with Crippen LogP contribution in [0.5, 0.6) is 11.5 Å². The number of hydrogen-bond donors (Lipinski definition) is 3. The molecular weight excluding hydrogens is 184 g/mol. The van der Waals surface area contributed by atoms with Gasteiger partial charge >= 0.3 is 0 Å². The van der Waals surface area contributed by atoms with E-state index in [-0.39, 0.29) is 17.1 Å². The van der Waals surface area contributed by atoms with Crippen molar-refractivity contribution >= 4 is 5.91 Å². The summed E-state index contributed by atoms with van der Waals surface area (Å²) >= 11 is 0. The second-order valence-electron chi connectivity index (χ2n) is 2.56. The van der Waals surface area contributed by atoms with Crippen LogP contribution in [0.4, 0.5) is 0 Å². The van der Waals surface area contributed by atoms with Gasteiger partial charge in [0, 0.05) is 0 Å². The molecule has 0 spiro atoms. The number of carbonyl (C=O) groups excluding carboxylic acids is 1. The van der Waals surface area contributed by atoms with Crippen molar-refractivity contribution in [3.05, 3.63) is 23.8 Å². The first-order chi connectivity index (χ1) is 6.70. The molecule has 14 heavy (non-hydrogen) atoms. The number of phenolic OH excluding ortho intramolecular Hbond substituents is 1. The summed E-state index contributed by atoms with van der Waals surface area (Å²) in [6, 6.07) is 4.64. The Bertz CT molecular complexity index is 339. The highest BCUT2D eigenvalue weighted by Crippen LogP contribution is 2.29. The second kappa shape index (κ2) is 4.48. The minimum atomic E-state index is -0.552. The van der Waals surface area contributed by atoms with Gasteiger partial charge in [-0.3, -0.25) is 10.2 Å². The largest absolute Gasteiger partial charge is 0.504 e. The lowest BCUT2D eigenvalue weighted by Crippen LogP contribution is -2.30. The van der Waals surface area contributed by atoms with E-state index in [2.05, 4.69) is 0 Å². The van der Waals surface area contributed by atoms with E-state index in [0.29, 0.717) is 6.61 Å². The number of amides is 1. The number of hydrazine groups is 1. The molecule has 76 valence electrons. The number of carbonyl (C=O) groups is 1. The zero-order valence-corrected chi connectivity index (χ0v) is 7.78. The topological polar surface area (TPSA) is 84.6 Å². The summed E-state index contributed by atoms with van der Waals surface area (Å²) in [4.78, 5) is 11.1. The van der Waals surface area contributed by atoms with E-state index in [1.807, 2.05) is 5.43 Å². The minimum absolute atomic E-state index is 0.0958. The third kappa shape index (κ3) is 1.94. The lowest BCUT2D eigenvalue weighted by Gasteiger charge is -2.08. The van der Waals surface area contributed by atoms with Gasteiger partial charge in [-0.15, -0.1) is 0 Å². The fourth-order valence-electron chi connectivity index (χ4n) is 1.06. The van der Waals surface area contributed by atoms with Crippen LogP contribution in [0.2, 0.25) is 0 Å². The number of phenols is 1. The van der Waals surface area contributed by atoms with E-state index < -0.39 is 5.91 Å². The van der Waals surface area contributed by atoms with Crippen LogP contribution in [-0.4, -0.2) is 17.6 Å². The van der Waals surface area contributed by atoms with Crippen LogP contribution in [0.3, 0.4) is 0 Å². The van der Waals surface area contributed by atoms with Crippen molar-refractivity contribution in [1.29, 1.82) is 0 Å². The van der Waals surface area contributed by atoms with Crippen LogP contribution in [0.1, 0.15) is 17.3 Å². The highest BCUT2D eigenvalue weighted by Gasteiger charge is 2.13. The number of nitrogens with two attached hydrogens (primary N) is 1. The Labute approximate surface area is 81.5 Å². The Morgan fingerprint density at radius 3 is 2.93 bits per heavy atom. The molecule has 0 atom stereocenters. The third-order valence-electron chi connectivity index (χ3n) is 1.67. The van der Waals surface area contributed by atoms with Crippen LogP contribution in [0, 0.1) is 0 Å². The van der Waals surface area contributed by atoms with Crippen molar-refractivity contribution in [1.82, 2.24) is 5.43 Å². The molecule has 0 bridgehead atoms. The molecular formula is C9H12N2O3. The number of para-hydroxylation sites is 1. The van der Waals surface area contributed by atoms with Gasteiger partial charge in [-0.05, 0) is 19.1 Å². The summed E-state index contributed by atoms with van der Waals surface area (Å²) in [7, 11) is 0. The molecule has 5 heteroatoms. The molecule has 0 heterocycles. The average molecular weight is 196 g/mol. The van der Waals surface area contributed by atoms with Gasteiger partial charge in [0.1, 0.15) is 0 Å². The SMILES string of the molecule is CCOc1cccc(C(=O)NN)c1O. The smallest absolute Gasteiger partial charge is 0.269 e. The molecule has 0 aromatic heterocycles. The summed E-state index contributed by atoms with van der Waals surface area (Å²) in [6.45, 7) is 2.20. The Hall–Kier alpha value is -1.75. The predicted octanol–water partition coefficient (Wildman–Crippen LogP) is 0.394. The van der Waals surface area contributed by atoms with E-state index in [1.54, 1.807) is 19.1 Å². The number of ether oxygens (including phenoxy) is 1. The molecule has 4 N–H and O–H groups in total. The molecule has 0 fully saturated rings. The Morgan fingerprint density at radius 2 is 2.36 bits per heavy atom. The fourth-order valence-corrected chi connectivity index (χ4v) is 1.06. The maximum absolute atomic E-state index is 11.1. The number of benzene rings is 1. The maximum Gasteiger partial charge on any atom is 0.269 e. The Balaban J connectivity index is 3.07. The molecule has 0 aliphatic rings. The Kier molecular flexibility index (Phi) is 3.30. The summed E-state index contributed by atoms with van der Waals surface area (Å²) < 4.78 is 5.10. The molecule has 0 saturated heterocycles. The van der Waals surface area contributed by atoms with Crippen molar-refractivity contribution < 1.29 is 14.6 Å². The minimum Gasteiger partial charge on any atom is -0.504 e. The normalized spacial score (nSPS) is 9.57. The Morgan fingerprint density at radius 1 is 1.64 bits per heavy atom. The maximum atomic E-state index is 11.1. The molecule has 1 aromatic rings. The lowest BCUT2D eigenvalue weighted by atomic mass is 10.2. The van der Waals surface area contributed by atoms with Crippen LogP contribution < -0.4 is 16.0 Å². The molecule has 0 aliphatic carbocycles. The van der Waals surface area contributed by atoms with Crippen molar-refractivity contribution in [2.75, 3.05) is 6.61 Å². The van der Waals surface area contributed by atoms with E-state index in [4.69, 9.17) is 10.6 Å². The zero-order chi connectivity index (χ0) is 10.6. The van der Waals surface area contributed by atoms with E-state index in [0.717, 1.165) is 0 Å². The summed E-state index contributed by atoms with van der Waals surface area (Å²) in [5.41, 5.74) is 2.03. The highest BCUT2D eigenvalue weighted by molar-refractivity contribution is 5.97. The standard InChI is InChI=1S/C9H12N2O3/c1-2-14-7-5-3-4-6(8(7)12)9(13)11-10/h3-5,12H,2,10H2,1H3,(H,11,13). The fraction of sp³-hybridized carbons (Fsp3) is 0.222. The van der Waals surface area contributed by atoms with Crippen molar-refractivity contribution in [2.45, 2.75) is 6.92 Å². The van der Waals surface area contributed by atoms with Crippen molar-refractivity contribution in [3.8, 4) is 11.5 Å². The van der Waals surface area contributed by atoms with Gasteiger partial charge in [0.2, 0.25) is 0 Å². The van der Waals surface area contributed by atoms with Crippen LogP contribution in [0.15, 0.2) is 18.2 Å². The van der Waals surface area contributed by atoms with Crippen molar-refractivity contribution in [3.63, 3.8) is 0 Å². The molecule has 5 nitrogen and oxygen atoms in total. The number of rotatable bonds is 3. The monoisotopic (exact) mass is 196 g/mol. The molecule has 0 radical (unpaired) electrons. The highest BCUT2D eigenvalue weighted by atomic mass is 16.5. The number of nitrogens with one attached hydrogen (secondary N) is 1. The predicted molar refractivity (Wildman–Crippen MR) is 50.9 cm³/mol. The second-order valence-corrected chi connectivity index (χ2v) is 2.56. The molecule has 0 saturated carbocycles. The molecule has 0 unspecified atom stereocenters. The first-order valence-electron chi connectivity index (χ1n) is 4.16. The lowest BCUT2D eigenvalue weighted by molar-refractivity contribution is 0.0950. The molecule has 0 aliphatic heterocycles. The molecule has 1 amide bonds. The summed E-state index contributed by atoms with van der Waals surface area (Å²) in [5.74, 6) is 4.47. The van der Waals surface area contributed by atoms with Crippen molar-refractivity contribution in [2.24, 2.45) is 5.84 Å². The van der Waals surface area contributed by atoms with E-state index >= 15 is 0 Å². The summed E-state index contributed by atoms with van der Waals surface area (Å²) in [5, 5.41) is 9.58. The quantitative estimate of drug-likeness (QED) is 0.371. The van der Waals surface area contributed by atoms with Gasteiger partial charge in [0.15, 0.2) is 11.5 Å². The average Bonchev–Trinajstić information content (AvgIpc) is 2.20. The van der Waals surface area contributed by atoms with Gasteiger partial charge < -0.3 is 9.84 Å². The number of hydrogen-bond acceptors (Lipinski definition) is 4. The van der Waals surface area contributed by atoms with E-state index in [1.165, 1.54) is 6.07 Å².